The van der Waals surface area contributed by atoms with Crippen LogP contribution in [0, 0.1) is 6.92 Å². The van der Waals surface area contributed by atoms with Gasteiger partial charge in [0.2, 0.25) is 0 Å². The molecule has 0 atom stereocenters. The van der Waals surface area contributed by atoms with Crippen LogP contribution in [-0.2, 0) is 0 Å². The molecule has 3 aromatic rings. The summed E-state index contributed by atoms with van der Waals surface area (Å²) in [4.78, 5) is 16.2. The Kier molecular flexibility index (Phi) is 3.52. The van der Waals surface area contributed by atoms with Gasteiger partial charge in [0.25, 0.3) is 5.91 Å². The Balaban J connectivity index is 1.45. The number of carbonyl (C=O) groups is 1. The van der Waals surface area contributed by atoms with E-state index in [1.54, 1.807) is 28.6 Å². The van der Waals surface area contributed by atoms with Crippen LogP contribution in [0.3, 0.4) is 0 Å². The molecule has 0 aliphatic carbocycles. The van der Waals surface area contributed by atoms with Crippen molar-refractivity contribution in [3.63, 3.8) is 0 Å². The quantitative estimate of drug-likeness (QED) is 0.677. The van der Waals surface area contributed by atoms with Crippen molar-refractivity contribution in [3.05, 3.63) is 40.5 Å². The van der Waals surface area contributed by atoms with Crippen molar-refractivity contribution in [1.29, 1.82) is 0 Å². The summed E-state index contributed by atoms with van der Waals surface area (Å²) in [5.41, 5.74) is 0.726. The van der Waals surface area contributed by atoms with Gasteiger partial charge in [-0.3, -0.25) is 4.79 Å². The summed E-state index contributed by atoms with van der Waals surface area (Å²) in [6, 6.07) is 7.33. The van der Waals surface area contributed by atoms with E-state index < -0.39 is 0 Å². The fourth-order valence-electron chi connectivity index (χ4n) is 2.71. The van der Waals surface area contributed by atoms with Gasteiger partial charge < -0.3 is 14.2 Å². The number of anilines is 1. The van der Waals surface area contributed by atoms with E-state index in [0.29, 0.717) is 10.4 Å². The molecule has 1 saturated heterocycles. The molecule has 1 aliphatic heterocycles. The van der Waals surface area contributed by atoms with Crippen LogP contribution in [-0.4, -0.2) is 56.8 Å². The smallest absolute Gasteiger partial charge is 0.289 e. The molecule has 0 aromatic carbocycles. The highest BCUT2D eigenvalue weighted by atomic mass is 79.9. The van der Waals surface area contributed by atoms with Gasteiger partial charge in [-0.15, -0.1) is 15.3 Å². The number of halogens is 1. The molecule has 8 nitrogen and oxygen atoms in total. The molecule has 0 unspecified atom stereocenters. The third-order valence-electron chi connectivity index (χ3n) is 4.24. The van der Waals surface area contributed by atoms with Crippen LogP contribution in [0.25, 0.3) is 5.65 Å². The first-order chi connectivity index (χ1) is 11.5. The van der Waals surface area contributed by atoms with E-state index in [0.717, 1.165) is 30.4 Å². The first-order valence-corrected chi connectivity index (χ1v) is 8.29. The Labute approximate surface area is 146 Å². The van der Waals surface area contributed by atoms with E-state index in [4.69, 9.17) is 4.42 Å². The van der Waals surface area contributed by atoms with Gasteiger partial charge in [0.1, 0.15) is 5.82 Å². The zero-order valence-electron chi connectivity index (χ0n) is 13.2. The number of furan rings is 1. The molecule has 1 fully saturated rings. The van der Waals surface area contributed by atoms with E-state index >= 15 is 0 Å². The number of hydrogen-bond acceptors (Lipinski definition) is 6. The monoisotopic (exact) mass is 390 g/mol. The third-order valence-corrected chi connectivity index (χ3v) is 4.67. The zero-order chi connectivity index (χ0) is 16.8. The number of rotatable bonds is 3. The minimum Gasteiger partial charge on any atom is -0.444 e. The lowest BCUT2D eigenvalue weighted by Crippen LogP contribution is -2.60. The highest BCUT2D eigenvalue weighted by Gasteiger charge is 2.34. The van der Waals surface area contributed by atoms with Crippen molar-refractivity contribution < 1.29 is 9.21 Å². The van der Waals surface area contributed by atoms with Crippen molar-refractivity contribution in [3.8, 4) is 0 Å². The standard InChI is InChI=1S/C15H15BrN6O2/c1-9-17-18-13-5-6-14(19-22(9)13)21-7-10(8-21)20(2)15(23)11-3-4-12(16)24-11/h3-6,10H,7-8H2,1-2H3. The zero-order valence-corrected chi connectivity index (χ0v) is 14.8. The first-order valence-electron chi connectivity index (χ1n) is 7.49. The molecule has 0 bridgehead atoms. The van der Waals surface area contributed by atoms with Gasteiger partial charge >= 0.3 is 0 Å². The molecule has 4 rings (SSSR count). The predicted molar refractivity (Wildman–Crippen MR) is 90.0 cm³/mol. The number of aromatic nitrogens is 4. The molecular weight excluding hydrogens is 376 g/mol. The van der Waals surface area contributed by atoms with Crippen LogP contribution < -0.4 is 4.90 Å². The average Bonchev–Trinajstić information content (AvgIpc) is 3.12. The summed E-state index contributed by atoms with van der Waals surface area (Å²) in [7, 11) is 1.79. The number of hydrogen-bond donors (Lipinski definition) is 0. The summed E-state index contributed by atoms with van der Waals surface area (Å²) in [5.74, 6) is 1.81. The summed E-state index contributed by atoms with van der Waals surface area (Å²) in [5, 5.41) is 12.6. The molecule has 0 saturated carbocycles. The van der Waals surface area contributed by atoms with Gasteiger partial charge in [-0.25, -0.2) is 0 Å². The average molecular weight is 391 g/mol. The molecule has 0 spiro atoms. The highest BCUT2D eigenvalue weighted by Crippen LogP contribution is 2.23. The molecule has 1 amide bonds. The lowest BCUT2D eigenvalue weighted by molar-refractivity contribution is 0.0671. The van der Waals surface area contributed by atoms with Gasteiger partial charge in [0.05, 0.1) is 6.04 Å². The van der Waals surface area contributed by atoms with Crippen molar-refractivity contribution in [1.82, 2.24) is 24.7 Å². The maximum absolute atomic E-state index is 12.4. The molecular formula is C15H15BrN6O2. The van der Waals surface area contributed by atoms with Crippen molar-refractivity contribution in [2.45, 2.75) is 13.0 Å². The van der Waals surface area contributed by atoms with E-state index in [-0.39, 0.29) is 11.9 Å². The molecule has 24 heavy (non-hydrogen) atoms. The molecule has 1 aliphatic rings. The molecule has 3 aromatic heterocycles. The topological polar surface area (TPSA) is 79.8 Å². The Bertz CT molecular complexity index is 914. The molecule has 9 heteroatoms. The predicted octanol–water partition coefficient (Wildman–Crippen LogP) is 1.75. The Hall–Kier alpha value is -2.42. The Morgan fingerprint density at radius 2 is 2.08 bits per heavy atom. The SMILES string of the molecule is Cc1nnc2ccc(N3CC(N(C)C(=O)c4ccc(Br)o4)C3)nn12. The largest absolute Gasteiger partial charge is 0.444 e. The van der Waals surface area contributed by atoms with Crippen LogP contribution in [0.4, 0.5) is 5.82 Å². The van der Waals surface area contributed by atoms with Gasteiger partial charge in [0.15, 0.2) is 21.9 Å². The highest BCUT2D eigenvalue weighted by molar-refractivity contribution is 9.10. The van der Waals surface area contributed by atoms with Gasteiger partial charge in [-0.2, -0.15) is 4.52 Å². The van der Waals surface area contributed by atoms with Crippen LogP contribution in [0.5, 0.6) is 0 Å². The molecule has 0 N–H and O–H groups in total. The molecule has 0 radical (unpaired) electrons. The number of aryl methyl sites for hydroxylation is 1. The first kappa shape index (κ1) is 15.1. The lowest BCUT2D eigenvalue weighted by Gasteiger charge is -2.44. The molecule has 124 valence electrons. The summed E-state index contributed by atoms with van der Waals surface area (Å²) in [6.07, 6.45) is 0. The van der Waals surface area contributed by atoms with Crippen LogP contribution >= 0.6 is 15.9 Å². The van der Waals surface area contributed by atoms with E-state index in [1.807, 2.05) is 19.1 Å². The maximum atomic E-state index is 12.4. The fraction of sp³-hybridized carbons (Fsp3) is 0.333. The van der Waals surface area contributed by atoms with Gasteiger partial charge in [-0.1, -0.05) is 0 Å². The fourth-order valence-corrected chi connectivity index (χ4v) is 3.02. The number of amides is 1. The van der Waals surface area contributed by atoms with E-state index in [9.17, 15) is 4.79 Å². The minimum atomic E-state index is -0.122. The van der Waals surface area contributed by atoms with E-state index in [2.05, 4.69) is 36.1 Å². The van der Waals surface area contributed by atoms with Crippen molar-refractivity contribution >= 4 is 33.3 Å². The maximum Gasteiger partial charge on any atom is 0.289 e. The summed E-state index contributed by atoms with van der Waals surface area (Å²) >= 11 is 3.21. The second-order valence-electron chi connectivity index (χ2n) is 5.79. The number of likely N-dealkylation sites (N-methyl/N-ethyl adjacent to an activating group) is 1. The minimum absolute atomic E-state index is 0.122. The van der Waals surface area contributed by atoms with Crippen molar-refractivity contribution in [2.24, 2.45) is 0 Å². The van der Waals surface area contributed by atoms with E-state index in [1.165, 1.54) is 0 Å². The van der Waals surface area contributed by atoms with Crippen LogP contribution in [0.1, 0.15) is 16.4 Å². The van der Waals surface area contributed by atoms with Crippen LogP contribution in [0.15, 0.2) is 33.4 Å². The number of nitrogens with zero attached hydrogens (tertiary/aromatic N) is 6. The Morgan fingerprint density at radius 1 is 1.29 bits per heavy atom. The second-order valence-corrected chi connectivity index (χ2v) is 6.57. The Morgan fingerprint density at radius 3 is 2.79 bits per heavy atom. The number of carbonyl (C=O) groups excluding carboxylic acids is 1. The summed E-state index contributed by atoms with van der Waals surface area (Å²) < 4.78 is 7.60. The molecule has 4 heterocycles. The number of fused-ring (bicyclic) bond motifs is 1. The normalized spacial score (nSPS) is 14.9. The van der Waals surface area contributed by atoms with Gasteiger partial charge in [0, 0.05) is 20.1 Å². The second kappa shape index (κ2) is 5.59. The van der Waals surface area contributed by atoms with Gasteiger partial charge in [-0.05, 0) is 47.1 Å². The van der Waals surface area contributed by atoms with Crippen molar-refractivity contribution in [2.75, 3.05) is 25.0 Å². The third kappa shape index (κ3) is 2.44. The lowest BCUT2D eigenvalue weighted by atomic mass is 10.1. The van der Waals surface area contributed by atoms with Crippen LogP contribution in [0.2, 0.25) is 0 Å². The summed E-state index contributed by atoms with van der Waals surface area (Å²) in [6.45, 7) is 3.32.